The Labute approximate surface area is 105 Å². The molecule has 0 saturated heterocycles. The summed E-state index contributed by atoms with van der Waals surface area (Å²) < 4.78 is 1.65. The SMILES string of the molecule is CCC(C)(CO)NC(=O)c1cnn2ccccc12. The van der Waals surface area contributed by atoms with Crippen LogP contribution in [-0.4, -0.2) is 32.8 Å². The molecule has 1 unspecified atom stereocenters. The van der Waals surface area contributed by atoms with Crippen molar-refractivity contribution < 1.29 is 9.90 Å². The molecule has 2 aromatic heterocycles. The monoisotopic (exact) mass is 247 g/mol. The fourth-order valence-electron chi connectivity index (χ4n) is 1.69. The van der Waals surface area contributed by atoms with Gasteiger partial charge in [-0.15, -0.1) is 0 Å². The van der Waals surface area contributed by atoms with Gasteiger partial charge in [0.25, 0.3) is 5.91 Å². The van der Waals surface area contributed by atoms with E-state index in [2.05, 4.69) is 10.4 Å². The third-order valence-electron chi connectivity index (χ3n) is 3.22. The van der Waals surface area contributed by atoms with Gasteiger partial charge in [0.2, 0.25) is 0 Å². The van der Waals surface area contributed by atoms with E-state index in [1.165, 1.54) is 6.20 Å². The highest BCUT2D eigenvalue weighted by molar-refractivity contribution is 6.00. The van der Waals surface area contributed by atoms with Gasteiger partial charge in [-0.05, 0) is 25.5 Å². The lowest BCUT2D eigenvalue weighted by Gasteiger charge is -2.26. The molecule has 0 saturated carbocycles. The molecule has 18 heavy (non-hydrogen) atoms. The second-order valence-corrected chi connectivity index (χ2v) is 4.62. The third kappa shape index (κ3) is 2.22. The predicted molar refractivity (Wildman–Crippen MR) is 68.4 cm³/mol. The summed E-state index contributed by atoms with van der Waals surface area (Å²) in [6.07, 6.45) is 3.99. The molecular formula is C13H17N3O2. The minimum Gasteiger partial charge on any atom is -0.394 e. The Balaban J connectivity index is 2.29. The average Bonchev–Trinajstić information content (AvgIpc) is 2.82. The summed E-state index contributed by atoms with van der Waals surface area (Å²) in [6.45, 7) is 3.65. The second-order valence-electron chi connectivity index (χ2n) is 4.62. The Morgan fingerprint density at radius 3 is 3.00 bits per heavy atom. The number of pyridine rings is 1. The van der Waals surface area contributed by atoms with Crippen LogP contribution in [0, 0.1) is 0 Å². The molecule has 1 atom stereocenters. The number of aliphatic hydroxyl groups excluding tert-OH is 1. The van der Waals surface area contributed by atoms with Crippen molar-refractivity contribution in [3.05, 3.63) is 36.2 Å². The van der Waals surface area contributed by atoms with Gasteiger partial charge in [0.15, 0.2) is 0 Å². The number of nitrogens with zero attached hydrogens (tertiary/aromatic N) is 2. The van der Waals surface area contributed by atoms with Crippen molar-refractivity contribution >= 4 is 11.4 Å². The van der Waals surface area contributed by atoms with Crippen LogP contribution in [0.25, 0.3) is 5.52 Å². The molecule has 96 valence electrons. The maximum absolute atomic E-state index is 12.2. The number of carbonyl (C=O) groups is 1. The summed E-state index contributed by atoms with van der Waals surface area (Å²) in [5.41, 5.74) is 0.676. The summed E-state index contributed by atoms with van der Waals surface area (Å²) in [4.78, 5) is 12.2. The number of fused-ring (bicyclic) bond motifs is 1. The Morgan fingerprint density at radius 1 is 1.56 bits per heavy atom. The highest BCUT2D eigenvalue weighted by Gasteiger charge is 2.25. The average molecular weight is 247 g/mol. The molecule has 0 aromatic carbocycles. The van der Waals surface area contributed by atoms with Gasteiger partial charge in [0.1, 0.15) is 0 Å². The molecule has 0 radical (unpaired) electrons. The Hall–Kier alpha value is -1.88. The van der Waals surface area contributed by atoms with E-state index in [9.17, 15) is 9.90 Å². The highest BCUT2D eigenvalue weighted by Crippen LogP contribution is 2.13. The molecule has 0 aliphatic carbocycles. The number of hydrogen-bond donors (Lipinski definition) is 2. The van der Waals surface area contributed by atoms with E-state index in [1.807, 2.05) is 32.0 Å². The van der Waals surface area contributed by atoms with Gasteiger partial charge < -0.3 is 10.4 Å². The molecule has 0 aliphatic rings. The van der Waals surface area contributed by atoms with E-state index in [-0.39, 0.29) is 12.5 Å². The molecule has 0 spiro atoms. The van der Waals surface area contributed by atoms with Gasteiger partial charge in [0, 0.05) is 6.20 Å². The maximum Gasteiger partial charge on any atom is 0.255 e. The van der Waals surface area contributed by atoms with E-state index in [0.717, 1.165) is 5.52 Å². The molecule has 2 aromatic rings. The number of carbonyl (C=O) groups excluding carboxylic acids is 1. The lowest BCUT2D eigenvalue weighted by atomic mass is 10.00. The number of aromatic nitrogens is 2. The van der Waals surface area contributed by atoms with E-state index >= 15 is 0 Å². The zero-order valence-corrected chi connectivity index (χ0v) is 10.6. The molecule has 0 aliphatic heterocycles. The van der Waals surface area contributed by atoms with Gasteiger partial charge in [-0.25, -0.2) is 4.52 Å². The number of rotatable bonds is 4. The van der Waals surface area contributed by atoms with Crippen LogP contribution in [-0.2, 0) is 0 Å². The van der Waals surface area contributed by atoms with Crippen LogP contribution < -0.4 is 5.32 Å². The van der Waals surface area contributed by atoms with Crippen molar-refractivity contribution in [2.45, 2.75) is 25.8 Å². The van der Waals surface area contributed by atoms with Crippen LogP contribution >= 0.6 is 0 Å². The first kappa shape index (κ1) is 12.6. The first-order valence-corrected chi connectivity index (χ1v) is 5.95. The molecule has 2 heterocycles. The molecule has 2 rings (SSSR count). The van der Waals surface area contributed by atoms with Crippen LogP contribution in [0.2, 0.25) is 0 Å². The van der Waals surface area contributed by atoms with Crippen molar-refractivity contribution in [2.24, 2.45) is 0 Å². The maximum atomic E-state index is 12.2. The molecule has 0 fully saturated rings. The Bertz CT molecular complexity index is 558. The molecule has 2 N–H and O–H groups in total. The van der Waals surface area contributed by atoms with Gasteiger partial charge in [-0.3, -0.25) is 4.79 Å². The van der Waals surface area contributed by atoms with Gasteiger partial charge in [-0.2, -0.15) is 5.10 Å². The number of hydrogen-bond acceptors (Lipinski definition) is 3. The quantitative estimate of drug-likeness (QED) is 0.853. The van der Waals surface area contributed by atoms with E-state index in [4.69, 9.17) is 0 Å². The lowest BCUT2D eigenvalue weighted by Crippen LogP contribution is -2.48. The molecular weight excluding hydrogens is 230 g/mol. The predicted octanol–water partition coefficient (Wildman–Crippen LogP) is 1.23. The van der Waals surface area contributed by atoms with Crippen LogP contribution in [0.4, 0.5) is 0 Å². The number of nitrogens with one attached hydrogen (secondary N) is 1. The van der Waals surface area contributed by atoms with Crippen molar-refractivity contribution in [2.75, 3.05) is 6.61 Å². The van der Waals surface area contributed by atoms with E-state index in [0.29, 0.717) is 12.0 Å². The van der Waals surface area contributed by atoms with Crippen molar-refractivity contribution in [3.8, 4) is 0 Å². The normalized spacial score (nSPS) is 14.4. The summed E-state index contributed by atoms with van der Waals surface area (Å²) in [5.74, 6) is -0.213. The van der Waals surface area contributed by atoms with Crippen LogP contribution in [0.1, 0.15) is 30.6 Å². The zero-order chi connectivity index (χ0) is 13.2. The molecule has 5 heteroatoms. The van der Waals surface area contributed by atoms with Crippen LogP contribution in [0.15, 0.2) is 30.6 Å². The van der Waals surface area contributed by atoms with Crippen molar-refractivity contribution in [1.82, 2.24) is 14.9 Å². The van der Waals surface area contributed by atoms with Crippen molar-refractivity contribution in [3.63, 3.8) is 0 Å². The van der Waals surface area contributed by atoms with Gasteiger partial charge in [-0.1, -0.05) is 13.0 Å². The fourth-order valence-corrected chi connectivity index (χ4v) is 1.69. The zero-order valence-electron chi connectivity index (χ0n) is 10.6. The standard InChI is InChI=1S/C13H17N3O2/c1-3-13(2,9-17)15-12(18)10-8-14-16-7-5-4-6-11(10)16/h4-8,17H,3,9H2,1-2H3,(H,15,18). The van der Waals surface area contributed by atoms with Crippen LogP contribution in [0.5, 0.6) is 0 Å². The minimum absolute atomic E-state index is 0.0888. The summed E-state index contributed by atoms with van der Waals surface area (Å²) >= 11 is 0. The van der Waals surface area contributed by atoms with Gasteiger partial charge in [0.05, 0.1) is 29.4 Å². The smallest absolute Gasteiger partial charge is 0.255 e. The largest absolute Gasteiger partial charge is 0.394 e. The lowest BCUT2D eigenvalue weighted by molar-refractivity contribution is 0.0849. The Morgan fingerprint density at radius 2 is 2.33 bits per heavy atom. The summed E-state index contributed by atoms with van der Waals surface area (Å²) in [7, 11) is 0. The highest BCUT2D eigenvalue weighted by atomic mass is 16.3. The summed E-state index contributed by atoms with van der Waals surface area (Å²) in [5, 5.41) is 16.3. The molecule has 0 bridgehead atoms. The minimum atomic E-state index is -0.597. The topological polar surface area (TPSA) is 66.6 Å². The number of aliphatic hydroxyl groups is 1. The number of amides is 1. The second kappa shape index (κ2) is 4.78. The summed E-state index contributed by atoms with van der Waals surface area (Å²) in [6, 6.07) is 5.55. The van der Waals surface area contributed by atoms with E-state index < -0.39 is 5.54 Å². The molecule has 1 amide bonds. The van der Waals surface area contributed by atoms with Crippen molar-refractivity contribution in [1.29, 1.82) is 0 Å². The fraction of sp³-hybridized carbons (Fsp3) is 0.385. The molecule has 5 nitrogen and oxygen atoms in total. The van der Waals surface area contributed by atoms with Crippen LogP contribution in [0.3, 0.4) is 0 Å². The van der Waals surface area contributed by atoms with E-state index in [1.54, 1.807) is 10.7 Å². The third-order valence-corrected chi connectivity index (χ3v) is 3.22. The van der Waals surface area contributed by atoms with Gasteiger partial charge >= 0.3 is 0 Å². The first-order valence-electron chi connectivity index (χ1n) is 5.95. The Kier molecular flexibility index (Phi) is 3.34. The first-order chi connectivity index (χ1) is 8.59.